The molecule has 3 N–H and O–H groups in total. The topological polar surface area (TPSA) is 63.8 Å². The van der Waals surface area contributed by atoms with Crippen LogP contribution in [0.1, 0.15) is 50.4 Å². The Morgan fingerprint density at radius 3 is 2.68 bits per heavy atom. The summed E-state index contributed by atoms with van der Waals surface area (Å²) in [5.41, 5.74) is 7.51. The fourth-order valence-corrected chi connectivity index (χ4v) is 2.75. The fraction of sp³-hybridized carbons (Fsp3) is 0.643. The van der Waals surface area contributed by atoms with E-state index < -0.39 is 0 Å². The summed E-state index contributed by atoms with van der Waals surface area (Å²) in [4.78, 5) is 9.07. The van der Waals surface area contributed by atoms with Crippen LogP contribution in [0.2, 0.25) is 0 Å². The second-order valence-corrected chi connectivity index (χ2v) is 6.25. The second kappa shape index (κ2) is 5.82. The first-order chi connectivity index (χ1) is 8.98. The summed E-state index contributed by atoms with van der Waals surface area (Å²) in [6.45, 7) is 5.17. The number of nitrogens with two attached hydrogens (primary N) is 1. The summed E-state index contributed by atoms with van der Waals surface area (Å²) in [5, 5.41) is 3.35. The predicted octanol–water partition coefficient (Wildman–Crippen LogP) is 2.80. The molecule has 19 heavy (non-hydrogen) atoms. The SMILES string of the molecule is Cc1cc(C(N)=S)nc(NCC2(C)CCCCC2)n1. The number of nitrogens with zero attached hydrogens (tertiary/aromatic N) is 2. The van der Waals surface area contributed by atoms with Crippen LogP contribution in [-0.4, -0.2) is 21.5 Å². The molecule has 1 saturated carbocycles. The number of aromatic nitrogens is 2. The van der Waals surface area contributed by atoms with Crippen molar-refractivity contribution in [3.8, 4) is 0 Å². The first-order valence-electron chi connectivity index (χ1n) is 6.88. The molecular formula is C14H22N4S. The molecule has 5 heteroatoms. The van der Waals surface area contributed by atoms with Crippen molar-refractivity contribution in [1.82, 2.24) is 9.97 Å². The smallest absolute Gasteiger partial charge is 0.223 e. The minimum atomic E-state index is 0.317. The van der Waals surface area contributed by atoms with E-state index in [4.69, 9.17) is 18.0 Å². The number of hydrogen-bond donors (Lipinski definition) is 2. The van der Waals surface area contributed by atoms with Gasteiger partial charge in [-0.2, -0.15) is 0 Å². The molecule has 0 saturated heterocycles. The lowest BCUT2D eigenvalue weighted by Crippen LogP contribution is -2.29. The summed E-state index contributed by atoms with van der Waals surface area (Å²) >= 11 is 4.97. The van der Waals surface area contributed by atoms with Gasteiger partial charge in [0.1, 0.15) is 10.7 Å². The number of aryl methyl sites for hydroxylation is 1. The van der Waals surface area contributed by atoms with Crippen LogP contribution in [0.5, 0.6) is 0 Å². The standard InChI is InChI=1S/C14H22N4S/c1-10-8-11(12(15)19)18-13(17-10)16-9-14(2)6-4-3-5-7-14/h8H,3-7,9H2,1-2H3,(H2,15,19)(H,16,17,18). The van der Waals surface area contributed by atoms with E-state index in [1.165, 1.54) is 32.1 Å². The van der Waals surface area contributed by atoms with Crippen molar-refractivity contribution in [2.45, 2.75) is 46.0 Å². The third-order valence-corrected chi connectivity index (χ3v) is 4.05. The molecule has 1 fully saturated rings. The number of hydrogen-bond acceptors (Lipinski definition) is 4. The van der Waals surface area contributed by atoms with E-state index in [1.54, 1.807) is 0 Å². The van der Waals surface area contributed by atoms with E-state index in [9.17, 15) is 0 Å². The third-order valence-electron chi connectivity index (χ3n) is 3.84. The molecular weight excluding hydrogens is 256 g/mol. The van der Waals surface area contributed by atoms with Crippen molar-refractivity contribution in [2.24, 2.45) is 11.1 Å². The number of rotatable bonds is 4. The van der Waals surface area contributed by atoms with Crippen molar-refractivity contribution in [3.63, 3.8) is 0 Å². The molecule has 0 unspecified atom stereocenters. The normalized spacial score (nSPS) is 18.0. The van der Waals surface area contributed by atoms with Crippen LogP contribution >= 0.6 is 12.2 Å². The van der Waals surface area contributed by atoms with E-state index in [1.807, 2.05) is 13.0 Å². The van der Waals surface area contributed by atoms with E-state index in [0.717, 1.165) is 12.2 Å². The van der Waals surface area contributed by atoms with Gasteiger partial charge in [0.2, 0.25) is 5.95 Å². The number of thiocarbonyl (C=S) groups is 1. The van der Waals surface area contributed by atoms with Gasteiger partial charge >= 0.3 is 0 Å². The predicted molar refractivity (Wildman–Crippen MR) is 82.3 cm³/mol. The lowest BCUT2D eigenvalue weighted by molar-refractivity contribution is 0.233. The van der Waals surface area contributed by atoms with E-state index in [2.05, 4.69) is 22.2 Å². The lowest BCUT2D eigenvalue weighted by Gasteiger charge is -2.33. The van der Waals surface area contributed by atoms with Crippen molar-refractivity contribution in [1.29, 1.82) is 0 Å². The molecule has 0 radical (unpaired) electrons. The molecule has 1 aliphatic rings. The zero-order valence-electron chi connectivity index (χ0n) is 11.7. The van der Waals surface area contributed by atoms with Crippen LogP contribution in [0.15, 0.2) is 6.07 Å². The number of nitrogens with one attached hydrogen (secondary N) is 1. The maximum atomic E-state index is 5.63. The van der Waals surface area contributed by atoms with Gasteiger partial charge in [0.15, 0.2) is 0 Å². The highest BCUT2D eigenvalue weighted by Crippen LogP contribution is 2.35. The van der Waals surface area contributed by atoms with Crippen molar-refractivity contribution in [2.75, 3.05) is 11.9 Å². The van der Waals surface area contributed by atoms with Gasteiger partial charge in [-0.1, -0.05) is 38.4 Å². The van der Waals surface area contributed by atoms with Crippen LogP contribution in [0, 0.1) is 12.3 Å². The van der Waals surface area contributed by atoms with Crippen LogP contribution < -0.4 is 11.1 Å². The molecule has 1 heterocycles. The van der Waals surface area contributed by atoms with Crippen LogP contribution in [-0.2, 0) is 0 Å². The Hall–Kier alpha value is -1.23. The maximum absolute atomic E-state index is 5.63. The summed E-state index contributed by atoms with van der Waals surface area (Å²) < 4.78 is 0. The van der Waals surface area contributed by atoms with E-state index >= 15 is 0 Å². The maximum Gasteiger partial charge on any atom is 0.223 e. The lowest BCUT2D eigenvalue weighted by atomic mass is 9.76. The highest BCUT2D eigenvalue weighted by Gasteiger charge is 2.26. The average Bonchev–Trinajstić information content (AvgIpc) is 2.37. The Kier molecular flexibility index (Phi) is 4.34. The van der Waals surface area contributed by atoms with Gasteiger partial charge in [0.05, 0.1) is 0 Å². The molecule has 0 aromatic carbocycles. The van der Waals surface area contributed by atoms with Gasteiger partial charge in [0, 0.05) is 12.2 Å². The first kappa shape index (κ1) is 14.2. The Labute approximate surface area is 120 Å². The van der Waals surface area contributed by atoms with E-state index in [0.29, 0.717) is 22.0 Å². The summed E-state index contributed by atoms with van der Waals surface area (Å²) in [5.74, 6) is 0.634. The Morgan fingerprint density at radius 1 is 1.37 bits per heavy atom. The molecule has 0 amide bonds. The Bertz CT molecular complexity index is 467. The van der Waals surface area contributed by atoms with Gasteiger partial charge in [0.25, 0.3) is 0 Å². The van der Waals surface area contributed by atoms with Gasteiger partial charge in [-0.25, -0.2) is 9.97 Å². The summed E-state index contributed by atoms with van der Waals surface area (Å²) in [6.07, 6.45) is 6.56. The third kappa shape index (κ3) is 3.86. The monoisotopic (exact) mass is 278 g/mol. The molecule has 4 nitrogen and oxygen atoms in total. The Balaban J connectivity index is 2.04. The van der Waals surface area contributed by atoms with Crippen molar-refractivity contribution in [3.05, 3.63) is 17.5 Å². The fourth-order valence-electron chi connectivity index (χ4n) is 2.65. The minimum Gasteiger partial charge on any atom is -0.388 e. The minimum absolute atomic E-state index is 0.317. The van der Waals surface area contributed by atoms with Crippen LogP contribution in [0.25, 0.3) is 0 Å². The zero-order chi connectivity index (χ0) is 13.9. The van der Waals surface area contributed by atoms with Crippen LogP contribution in [0.3, 0.4) is 0 Å². The van der Waals surface area contributed by atoms with Crippen molar-refractivity contribution >= 4 is 23.2 Å². The highest BCUT2D eigenvalue weighted by molar-refractivity contribution is 7.80. The summed E-state index contributed by atoms with van der Waals surface area (Å²) in [6, 6.07) is 1.82. The highest BCUT2D eigenvalue weighted by atomic mass is 32.1. The molecule has 0 bridgehead atoms. The molecule has 2 rings (SSSR count). The van der Waals surface area contributed by atoms with Gasteiger partial charge in [-0.3, -0.25) is 0 Å². The number of anilines is 1. The molecule has 1 aromatic heterocycles. The first-order valence-corrected chi connectivity index (χ1v) is 7.29. The summed E-state index contributed by atoms with van der Waals surface area (Å²) in [7, 11) is 0. The molecule has 0 aliphatic heterocycles. The average molecular weight is 278 g/mol. The molecule has 1 aliphatic carbocycles. The van der Waals surface area contributed by atoms with Crippen molar-refractivity contribution < 1.29 is 0 Å². The molecule has 0 atom stereocenters. The second-order valence-electron chi connectivity index (χ2n) is 5.81. The quantitative estimate of drug-likeness (QED) is 0.829. The Morgan fingerprint density at radius 2 is 2.05 bits per heavy atom. The molecule has 104 valence electrons. The molecule has 0 spiro atoms. The van der Waals surface area contributed by atoms with Crippen LogP contribution in [0.4, 0.5) is 5.95 Å². The largest absolute Gasteiger partial charge is 0.388 e. The van der Waals surface area contributed by atoms with Gasteiger partial charge < -0.3 is 11.1 Å². The zero-order valence-corrected chi connectivity index (χ0v) is 12.5. The van der Waals surface area contributed by atoms with Gasteiger partial charge in [-0.15, -0.1) is 0 Å². The molecule has 1 aromatic rings. The van der Waals surface area contributed by atoms with E-state index in [-0.39, 0.29) is 0 Å². The van der Waals surface area contributed by atoms with Gasteiger partial charge in [-0.05, 0) is 31.2 Å².